The number of rotatable bonds is 1. The average molecular weight is 350 g/mol. The molecule has 3 rings (SSSR count). The van der Waals surface area contributed by atoms with Crippen LogP contribution in [0, 0.1) is 44.4 Å². The minimum atomic E-state index is -0.439. The highest BCUT2D eigenvalue weighted by atomic mass is 16.5. The lowest BCUT2D eigenvalue weighted by Crippen LogP contribution is -2.34. The van der Waals surface area contributed by atoms with Gasteiger partial charge in [-0.1, -0.05) is 19.9 Å². The summed E-state index contributed by atoms with van der Waals surface area (Å²) in [4.78, 5) is 13.1. The molecular weight excluding hydrogens is 324 g/mol. The van der Waals surface area contributed by atoms with E-state index in [1.54, 1.807) is 0 Å². The van der Waals surface area contributed by atoms with Gasteiger partial charge in [-0.05, 0) is 60.9 Å². The molecule has 4 heteroatoms. The molecule has 1 heterocycles. The zero-order valence-electron chi connectivity index (χ0n) is 16.4. The summed E-state index contributed by atoms with van der Waals surface area (Å²) in [5, 5.41) is 9.79. The fourth-order valence-electron chi connectivity index (χ4n) is 4.25. The molecule has 1 aromatic carbocycles. The summed E-state index contributed by atoms with van der Waals surface area (Å²) in [6.07, 6.45) is 1.10. The lowest BCUT2D eigenvalue weighted by Gasteiger charge is -2.38. The van der Waals surface area contributed by atoms with E-state index in [1.165, 1.54) is 0 Å². The van der Waals surface area contributed by atoms with Crippen LogP contribution >= 0.6 is 0 Å². The minimum absolute atomic E-state index is 0.0551. The molecule has 1 aromatic rings. The van der Waals surface area contributed by atoms with Crippen LogP contribution in [-0.2, 0) is 9.53 Å². The highest BCUT2D eigenvalue weighted by Crippen LogP contribution is 2.49. The van der Waals surface area contributed by atoms with E-state index in [2.05, 4.69) is 53.7 Å². The minimum Gasteiger partial charge on any atom is -0.444 e. The fourth-order valence-corrected chi connectivity index (χ4v) is 4.25. The summed E-state index contributed by atoms with van der Waals surface area (Å²) in [6.45, 7) is 12.3. The van der Waals surface area contributed by atoms with E-state index in [4.69, 9.17) is 10.5 Å². The third-order valence-electron chi connectivity index (χ3n) is 5.79. The van der Waals surface area contributed by atoms with Gasteiger partial charge in [0.15, 0.2) is 5.78 Å². The van der Waals surface area contributed by atoms with E-state index in [0.29, 0.717) is 29.7 Å². The Balaban J connectivity index is 2.33. The highest BCUT2D eigenvalue weighted by molar-refractivity contribution is 6.00. The molecule has 0 saturated carbocycles. The first kappa shape index (κ1) is 18.3. The lowest BCUT2D eigenvalue weighted by molar-refractivity contribution is -0.119. The zero-order valence-corrected chi connectivity index (χ0v) is 16.4. The van der Waals surface area contributed by atoms with Gasteiger partial charge in [-0.15, -0.1) is 0 Å². The Morgan fingerprint density at radius 3 is 2.27 bits per heavy atom. The van der Waals surface area contributed by atoms with Crippen molar-refractivity contribution in [1.82, 2.24) is 0 Å². The largest absolute Gasteiger partial charge is 0.444 e. The Hall–Kier alpha value is -2.54. The molecule has 0 unspecified atom stereocenters. The number of ketones is 1. The Morgan fingerprint density at radius 1 is 1.15 bits per heavy atom. The summed E-state index contributed by atoms with van der Waals surface area (Å²) in [6, 6.07) is 4.36. The van der Waals surface area contributed by atoms with E-state index in [-0.39, 0.29) is 17.1 Å². The van der Waals surface area contributed by atoms with Gasteiger partial charge < -0.3 is 10.5 Å². The standard InChI is InChI=1S/C22H26N2O2/c1-11-7-12(2)14(4)18(13(11)3)19-15(10-23)21(24)26-17-9-22(5,6)8-16(25)20(17)19/h7,19H,8-9,24H2,1-6H3/t19-/m1/s1. The van der Waals surface area contributed by atoms with Gasteiger partial charge in [-0.2, -0.15) is 5.26 Å². The van der Waals surface area contributed by atoms with Crippen molar-refractivity contribution in [3.05, 3.63) is 56.7 Å². The molecule has 0 spiro atoms. The third kappa shape index (κ3) is 2.72. The average Bonchev–Trinajstić information content (AvgIpc) is 2.51. The molecule has 136 valence electrons. The molecular formula is C22H26N2O2. The summed E-state index contributed by atoms with van der Waals surface area (Å²) >= 11 is 0. The van der Waals surface area contributed by atoms with Gasteiger partial charge in [0, 0.05) is 18.4 Å². The maximum absolute atomic E-state index is 13.1. The number of hydrogen-bond donors (Lipinski definition) is 1. The first-order valence-corrected chi connectivity index (χ1v) is 8.98. The van der Waals surface area contributed by atoms with Gasteiger partial charge >= 0.3 is 0 Å². The van der Waals surface area contributed by atoms with Gasteiger partial charge in [-0.3, -0.25) is 4.79 Å². The van der Waals surface area contributed by atoms with Crippen LogP contribution in [0.4, 0.5) is 0 Å². The van der Waals surface area contributed by atoms with Crippen molar-refractivity contribution in [3.63, 3.8) is 0 Å². The molecule has 2 aliphatic rings. The monoisotopic (exact) mass is 350 g/mol. The molecule has 0 bridgehead atoms. The molecule has 1 atom stereocenters. The van der Waals surface area contributed by atoms with E-state index in [1.807, 2.05) is 0 Å². The third-order valence-corrected chi connectivity index (χ3v) is 5.79. The number of carbonyl (C=O) groups is 1. The van der Waals surface area contributed by atoms with Gasteiger partial charge in [0.1, 0.15) is 17.4 Å². The number of carbonyl (C=O) groups excluding carboxylic acids is 1. The maximum Gasteiger partial charge on any atom is 0.205 e. The number of nitrogens with zero attached hydrogens (tertiary/aromatic N) is 1. The van der Waals surface area contributed by atoms with Gasteiger partial charge in [0.05, 0.1) is 5.92 Å². The van der Waals surface area contributed by atoms with Gasteiger partial charge in [0.2, 0.25) is 5.88 Å². The topological polar surface area (TPSA) is 76.1 Å². The summed E-state index contributed by atoms with van der Waals surface area (Å²) in [5.74, 6) is 0.371. The van der Waals surface area contributed by atoms with E-state index in [0.717, 1.165) is 27.8 Å². The van der Waals surface area contributed by atoms with Crippen LogP contribution in [0.15, 0.2) is 28.9 Å². The van der Waals surface area contributed by atoms with Crippen molar-refractivity contribution in [2.24, 2.45) is 11.1 Å². The summed E-state index contributed by atoms with van der Waals surface area (Å²) in [7, 11) is 0. The van der Waals surface area contributed by atoms with Crippen LogP contribution in [-0.4, -0.2) is 5.78 Å². The van der Waals surface area contributed by atoms with Crippen LogP contribution < -0.4 is 5.73 Å². The van der Waals surface area contributed by atoms with E-state index >= 15 is 0 Å². The Bertz CT molecular complexity index is 900. The van der Waals surface area contributed by atoms with Crippen LogP contribution in [0.1, 0.15) is 60.4 Å². The first-order chi connectivity index (χ1) is 12.1. The number of Topliss-reactive ketones (excluding diaryl/α,β-unsaturated/α-hetero) is 1. The van der Waals surface area contributed by atoms with Crippen LogP contribution in [0.2, 0.25) is 0 Å². The quantitative estimate of drug-likeness (QED) is 0.816. The fraction of sp³-hybridized carbons (Fsp3) is 0.455. The lowest BCUT2D eigenvalue weighted by atomic mass is 9.68. The Labute approximate surface area is 155 Å². The molecule has 2 N–H and O–H groups in total. The number of allylic oxidation sites excluding steroid dienone is 3. The van der Waals surface area contributed by atoms with Gasteiger partial charge in [-0.25, -0.2) is 0 Å². The Morgan fingerprint density at radius 2 is 1.73 bits per heavy atom. The molecule has 26 heavy (non-hydrogen) atoms. The maximum atomic E-state index is 13.1. The second-order valence-corrected chi connectivity index (χ2v) is 8.38. The number of aryl methyl sites for hydroxylation is 2. The Kier molecular flexibility index (Phi) is 4.23. The predicted molar refractivity (Wildman–Crippen MR) is 101 cm³/mol. The van der Waals surface area contributed by atoms with Gasteiger partial charge in [0.25, 0.3) is 0 Å². The smallest absolute Gasteiger partial charge is 0.205 e. The molecule has 0 amide bonds. The molecule has 0 fully saturated rings. The number of nitrogens with two attached hydrogens (primary N) is 1. The number of hydrogen-bond acceptors (Lipinski definition) is 4. The molecule has 0 radical (unpaired) electrons. The molecule has 4 nitrogen and oxygen atoms in total. The van der Waals surface area contributed by atoms with Crippen LogP contribution in [0.25, 0.3) is 0 Å². The van der Waals surface area contributed by atoms with Crippen molar-refractivity contribution < 1.29 is 9.53 Å². The normalized spacial score (nSPS) is 22.0. The number of nitriles is 1. The molecule has 1 aliphatic heterocycles. The van der Waals surface area contributed by atoms with E-state index in [9.17, 15) is 10.1 Å². The SMILES string of the molecule is Cc1cc(C)c(C)c([C@H]2C(C#N)=C(N)OC3=C2C(=O)CC(C)(C)C3)c1C. The second kappa shape index (κ2) is 6.02. The molecule has 0 aromatic heterocycles. The van der Waals surface area contributed by atoms with E-state index < -0.39 is 5.92 Å². The van der Waals surface area contributed by atoms with Crippen molar-refractivity contribution in [3.8, 4) is 6.07 Å². The van der Waals surface area contributed by atoms with Crippen LogP contribution in [0.3, 0.4) is 0 Å². The molecule has 0 saturated heterocycles. The number of ether oxygens (including phenoxy) is 1. The first-order valence-electron chi connectivity index (χ1n) is 8.98. The van der Waals surface area contributed by atoms with Crippen molar-refractivity contribution >= 4 is 5.78 Å². The summed E-state index contributed by atoms with van der Waals surface area (Å²) < 4.78 is 5.79. The second-order valence-electron chi connectivity index (χ2n) is 8.38. The zero-order chi connectivity index (χ0) is 19.4. The van der Waals surface area contributed by atoms with Crippen molar-refractivity contribution in [2.45, 2.75) is 60.3 Å². The van der Waals surface area contributed by atoms with Crippen molar-refractivity contribution in [1.29, 1.82) is 5.26 Å². The number of benzene rings is 1. The highest BCUT2D eigenvalue weighted by Gasteiger charge is 2.43. The summed E-state index contributed by atoms with van der Waals surface area (Å²) in [5.41, 5.74) is 12.4. The van der Waals surface area contributed by atoms with Crippen LogP contribution in [0.5, 0.6) is 0 Å². The van der Waals surface area contributed by atoms with Crippen molar-refractivity contribution in [2.75, 3.05) is 0 Å². The molecule has 1 aliphatic carbocycles. The predicted octanol–water partition coefficient (Wildman–Crippen LogP) is 4.37.